The fraction of sp³-hybridized carbons (Fsp3) is 0.231. The topological polar surface area (TPSA) is 159 Å². The first kappa shape index (κ1) is 29.4. The number of methoxy groups -OCH3 is 1. The molecule has 2 amide bonds. The van der Waals surface area contributed by atoms with Gasteiger partial charge >= 0.3 is 5.97 Å². The van der Waals surface area contributed by atoms with E-state index in [0.717, 1.165) is 6.08 Å². The van der Waals surface area contributed by atoms with Crippen LogP contribution >= 0.6 is 22.6 Å². The van der Waals surface area contributed by atoms with Crippen molar-refractivity contribution in [3.05, 3.63) is 83.3 Å². The number of amides is 2. The van der Waals surface area contributed by atoms with E-state index in [4.69, 9.17) is 0 Å². The number of pyridine rings is 1. The van der Waals surface area contributed by atoms with Crippen LogP contribution in [0.4, 0.5) is 10.2 Å². The lowest BCUT2D eigenvalue weighted by molar-refractivity contribution is -0.123. The number of anilines is 1. The third-order valence-electron chi connectivity index (χ3n) is 5.88. The predicted molar refractivity (Wildman–Crippen MR) is 154 cm³/mol. The Balaban J connectivity index is 1.56. The van der Waals surface area contributed by atoms with Crippen molar-refractivity contribution in [2.45, 2.75) is 30.4 Å². The molecule has 0 bridgehead atoms. The molecule has 0 aliphatic carbocycles. The molecule has 0 fully saturated rings. The van der Waals surface area contributed by atoms with Gasteiger partial charge in [0.2, 0.25) is 11.8 Å². The Kier molecular flexibility index (Phi) is 9.83. The highest BCUT2D eigenvalue weighted by atomic mass is 127. The van der Waals surface area contributed by atoms with Gasteiger partial charge in [0, 0.05) is 41.4 Å². The number of alkyl halides is 1. The number of aromatic nitrogens is 7. The maximum atomic E-state index is 15.3. The highest BCUT2D eigenvalue weighted by Crippen LogP contribution is 2.24. The molecule has 13 nitrogen and oxygen atoms in total. The maximum absolute atomic E-state index is 15.3. The number of tetrazole rings is 1. The quantitative estimate of drug-likeness (QED) is 0.106. The third-order valence-corrected chi connectivity index (χ3v) is 6.70. The number of nitrogens with zero attached hydrogens (tertiary/aromatic N) is 7. The maximum Gasteiger partial charge on any atom is 0.339 e. The molecule has 0 radical (unpaired) electrons. The molecule has 2 N–H and O–H groups in total. The lowest BCUT2D eigenvalue weighted by Gasteiger charge is -2.17. The molecule has 0 aliphatic heterocycles. The van der Waals surface area contributed by atoms with Gasteiger partial charge in [0.1, 0.15) is 24.0 Å². The monoisotopic (exact) mass is 673 g/mol. The minimum atomic E-state index is -1.06. The van der Waals surface area contributed by atoms with Crippen molar-refractivity contribution in [1.29, 1.82) is 0 Å². The normalized spacial score (nSPS) is 11.8. The summed E-state index contributed by atoms with van der Waals surface area (Å²) in [7, 11) is 1.25. The van der Waals surface area contributed by atoms with Gasteiger partial charge in [-0.15, -0.1) is 5.10 Å². The van der Waals surface area contributed by atoms with Crippen molar-refractivity contribution in [3.63, 3.8) is 0 Å². The number of ether oxygens (including phenoxy) is 1. The number of halogens is 2. The van der Waals surface area contributed by atoms with Gasteiger partial charge in [-0.2, -0.15) is 9.78 Å². The van der Waals surface area contributed by atoms with Crippen LogP contribution in [-0.4, -0.2) is 65.9 Å². The minimum absolute atomic E-state index is 0.0766. The fourth-order valence-electron chi connectivity index (χ4n) is 3.77. The van der Waals surface area contributed by atoms with Crippen molar-refractivity contribution in [3.8, 4) is 5.69 Å². The van der Waals surface area contributed by atoms with Crippen LogP contribution in [0.1, 0.15) is 34.1 Å². The van der Waals surface area contributed by atoms with Gasteiger partial charge in [0.05, 0.1) is 24.1 Å². The first-order valence-electron chi connectivity index (χ1n) is 12.3. The fourth-order valence-corrected chi connectivity index (χ4v) is 4.36. The summed E-state index contributed by atoms with van der Waals surface area (Å²) in [6.07, 6.45) is 6.87. The van der Waals surface area contributed by atoms with Gasteiger partial charge in [-0.25, -0.2) is 14.2 Å². The van der Waals surface area contributed by atoms with E-state index in [1.807, 2.05) is 29.5 Å². The van der Waals surface area contributed by atoms with E-state index in [2.05, 4.69) is 41.0 Å². The number of hydrogen-bond donors (Lipinski definition) is 2. The van der Waals surface area contributed by atoms with Crippen LogP contribution in [0, 0.1) is 5.82 Å². The second-order valence-electron chi connectivity index (χ2n) is 8.53. The zero-order valence-corrected chi connectivity index (χ0v) is 24.1. The van der Waals surface area contributed by atoms with Gasteiger partial charge in [-0.05, 0) is 53.3 Å². The van der Waals surface area contributed by atoms with E-state index in [0.29, 0.717) is 27.9 Å². The summed E-state index contributed by atoms with van der Waals surface area (Å²) in [4.78, 5) is 42.0. The van der Waals surface area contributed by atoms with E-state index in [9.17, 15) is 14.4 Å². The molecule has 4 aromatic rings. The van der Waals surface area contributed by atoms with Crippen molar-refractivity contribution in [2.24, 2.45) is 0 Å². The molecular formula is C26H25FIN9O4. The van der Waals surface area contributed by atoms with E-state index < -0.39 is 29.6 Å². The van der Waals surface area contributed by atoms with Crippen LogP contribution in [0.15, 0.2) is 55.1 Å². The predicted octanol–water partition coefficient (Wildman–Crippen LogP) is 2.51. The summed E-state index contributed by atoms with van der Waals surface area (Å²) in [5, 5.41) is 20.7. The number of benzene rings is 1. The number of esters is 1. The summed E-state index contributed by atoms with van der Waals surface area (Å²) in [6.45, 7) is 2.56. The van der Waals surface area contributed by atoms with E-state index in [1.165, 1.54) is 42.5 Å². The zero-order chi connectivity index (χ0) is 29.4. The van der Waals surface area contributed by atoms with Gasteiger partial charge < -0.3 is 15.4 Å². The van der Waals surface area contributed by atoms with Crippen LogP contribution in [0.25, 0.3) is 11.8 Å². The molecule has 0 unspecified atom stereocenters. The van der Waals surface area contributed by atoms with Gasteiger partial charge in [-0.1, -0.05) is 28.7 Å². The molecule has 1 aromatic carbocycles. The van der Waals surface area contributed by atoms with E-state index in [-0.39, 0.29) is 23.4 Å². The molecule has 3 heterocycles. The summed E-state index contributed by atoms with van der Waals surface area (Å²) >= 11 is 2.05. The minimum Gasteiger partial charge on any atom is -0.465 e. The number of carbonyl (C=O) groups excluding carboxylic acids is 3. The zero-order valence-electron chi connectivity index (χ0n) is 22.0. The largest absolute Gasteiger partial charge is 0.465 e. The number of aryl methyl sites for hydroxylation is 1. The van der Waals surface area contributed by atoms with Crippen LogP contribution in [-0.2, 0) is 31.7 Å². The SMILES string of the molecule is CCn1ccc(C[C@H](NC(=O)/C=C/c2c(-n3cnnn3)ccc(CI)c2F)C(=O)Nc2ccc(C(=O)OC)cn2)n1. The molecule has 15 heteroatoms. The summed E-state index contributed by atoms with van der Waals surface area (Å²) < 4.78 is 23.3. The molecular weight excluding hydrogens is 648 g/mol. The Morgan fingerprint density at radius 3 is 2.66 bits per heavy atom. The van der Waals surface area contributed by atoms with Crippen molar-refractivity contribution >= 4 is 52.3 Å². The average Bonchev–Trinajstić information content (AvgIpc) is 3.68. The Morgan fingerprint density at radius 2 is 2.02 bits per heavy atom. The van der Waals surface area contributed by atoms with Gasteiger partial charge in [-0.3, -0.25) is 14.3 Å². The Bertz CT molecular complexity index is 1560. The second kappa shape index (κ2) is 13.7. The molecule has 1 atom stereocenters. The second-order valence-corrected chi connectivity index (χ2v) is 9.30. The summed E-state index contributed by atoms with van der Waals surface area (Å²) in [6, 6.07) is 6.87. The molecule has 0 saturated heterocycles. The highest BCUT2D eigenvalue weighted by Gasteiger charge is 2.23. The van der Waals surface area contributed by atoms with Crippen LogP contribution < -0.4 is 10.6 Å². The average molecular weight is 673 g/mol. The lowest BCUT2D eigenvalue weighted by atomic mass is 10.1. The molecule has 0 aliphatic rings. The molecule has 3 aromatic heterocycles. The van der Waals surface area contributed by atoms with E-state index >= 15 is 4.39 Å². The third kappa shape index (κ3) is 7.36. The Labute approximate surface area is 247 Å². The van der Waals surface area contributed by atoms with E-state index in [1.54, 1.807) is 29.1 Å². The number of hydrogen-bond acceptors (Lipinski definition) is 9. The molecule has 0 saturated carbocycles. The van der Waals surface area contributed by atoms with Gasteiger partial charge in [0.15, 0.2) is 0 Å². The smallest absolute Gasteiger partial charge is 0.339 e. The number of nitrogens with one attached hydrogen (secondary N) is 2. The Hall–Kier alpha value is -4.54. The standard InChI is InChI=1S/C26H25FIN9O4/c1-3-36-11-10-18(33-36)12-20(25(39)32-22-8-5-17(14-29-22)26(40)41-2)31-23(38)9-6-19-21(37-15-30-34-35-37)7-4-16(13-28)24(19)27/h4-11,14-15,20H,3,12-13H2,1-2H3,(H,31,38)(H,29,32,39)/b9-6+/t20-/m0/s1. The highest BCUT2D eigenvalue weighted by molar-refractivity contribution is 14.1. The summed E-state index contributed by atoms with van der Waals surface area (Å²) in [5.41, 5.74) is 1.68. The molecule has 41 heavy (non-hydrogen) atoms. The van der Waals surface area contributed by atoms with Gasteiger partial charge in [0.25, 0.3) is 0 Å². The van der Waals surface area contributed by atoms with Crippen LogP contribution in [0.3, 0.4) is 0 Å². The Morgan fingerprint density at radius 1 is 1.20 bits per heavy atom. The van der Waals surface area contributed by atoms with Crippen molar-refractivity contribution in [2.75, 3.05) is 12.4 Å². The lowest BCUT2D eigenvalue weighted by Crippen LogP contribution is -2.45. The van der Waals surface area contributed by atoms with Crippen molar-refractivity contribution < 1.29 is 23.5 Å². The molecule has 0 spiro atoms. The number of carbonyl (C=O) groups is 3. The first-order valence-corrected chi connectivity index (χ1v) is 13.8. The van der Waals surface area contributed by atoms with Crippen LogP contribution in [0.2, 0.25) is 0 Å². The first-order chi connectivity index (χ1) is 19.8. The summed E-state index contributed by atoms with van der Waals surface area (Å²) in [5.74, 6) is -2.13. The number of rotatable bonds is 11. The van der Waals surface area contributed by atoms with Crippen molar-refractivity contribution in [1.82, 2.24) is 40.3 Å². The van der Waals surface area contributed by atoms with Crippen LogP contribution in [0.5, 0.6) is 0 Å². The molecule has 4 rings (SSSR count). The molecule has 212 valence electrons.